The highest BCUT2D eigenvalue weighted by Gasteiger charge is 2.11. The molecule has 1 atom stereocenters. The van der Waals surface area contributed by atoms with Gasteiger partial charge in [0.1, 0.15) is 0 Å². The molecule has 18 heavy (non-hydrogen) atoms. The van der Waals surface area contributed by atoms with Gasteiger partial charge in [0.05, 0.1) is 6.04 Å². The Morgan fingerprint density at radius 1 is 1.33 bits per heavy atom. The number of hydrogen-bond acceptors (Lipinski definition) is 3. The van der Waals surface area contributed by atoms with Gasteiger partial charge in [-0.2, -0.15) is 0 Å². The van der Waals surface area contributed by atoms with Crippen molar-refractivity contribution in [3.63, 3.8) is 0 Å². The van der Waals surface area contributed by atoms with Gasteiger partial charge in [0.2, 0.25) is 5.91 Å². The largest absolute Gasteiger partial charge is 0.354 e. The Kier molecular flexibility index (Phi) is 6.36. The highest BCUT2D eigenvalue weighted by molar-refractivity contribution is 5.81. The summed E-state index contributed by atoms with van der Waals surface area (Å²) in [6, 6.07) is 5.71. The van der Waals surface area contributed by atoms with Crippen LogP contribution in [0.2, 0.25) is 0 Å². The van der Waals surface area contributed by atoms with Crippen LogP contribution in [0.15, 0.2) is 24.4 Å². The summed E-state index contributed by atoms with van der Waals surface area (Å²) in [7, 11) is 0. The zero-order valence-electron chi connectivity index (χ0n) is 11.4. The molecule has 1 heterocycles. The maximum Gasteiger partial charge on any atom is 0.236 e. The van der Waals surface area contributed by atoms with Gasteiger partial charge in [-0.15, -0.1) is 0 Å². The number of carbonyl (C=O) groups is 1. The molecule has 1 amide bonds. The van der Waals surface area contributed by atoms with Crippen LogP contribution in [0, 0.1) is 5.92 Å². The lowest BCUT2D eigenvalue weighted by atomic mass is 10.2. The van der Waals surface area contributed by atoms with E-state index in [9.17, 15) is 4.79 Å². The van der Waals surface area contributed by atoms with E-state index < -0.39 is 0 Å². The van der Waals surface area contributed by atoms with Crippen molar-refractivity contribution in [3.05, 3.63) is 30.1 Å². The predicted octanol–water partition coefficient (Wildman–Crippen LogP) is 1.37. The van der Waals surface area contributed by atoms with Crippen molar-refractivity contribution in [2.75, 3.05) is 13.1 Å². The molecule has 0 radical (unpaired) electrons. The molecular formula is C14H23N3O. The number of carbonyl (C=O) groups excluding carboxylic acids is 1. The molecule has 100 valence electrons. The van der Waals surface area contributed by atoms with Crippen LogP contribution in [0.4, 0.5) is 0 Å². The highest BCUT2D eigenvalue weighted by atomic mass is 16.2. The van der Waals surface area contributed by atoms with Crippen molar-refractivity contribution >= 4 is 5.91 Å². The molecule has 1 aromatic heterocycles. The first-order valence-electron chi connectivity index (χ1n) is 6.50. The molecule has 0 aromatic carbocycles. The Bertz CT molecular complexity index is 351. The van der Waals surface area contributed by atoms with Crippen molar-refractivity contribution in [1.82, 2.24) is 15.6 Å². The maximum absolute atomic E-state index is 11.7. The Morgan fingerprint density at radius 2 is 2.11 bits per heavy atom. The molecule has 0 spiro atoms. The third kappa shape index (κ3) is 5.77. The summed E-state index contributed by atoms with van der Waals surface area (Å²) in [6.07, 6.45) is 2.62. The number of amides is 1. The first-order chi connectivity index (χ1) is 8.59. The minimum absolute atomic E-state index is 0.0599. The summed E-state index contributed by atoms with van der Waals surface area (Å²) < 4.78 is 0. The fourth-order valence-electron chi connectivity index (χ4n) is 1.51. The second-order valence-electron chi connectivity index (χ2n) is 4.89. The summed E-state index contributed by atoms with van der Waals surface area (Å²) in [6.45, 7) is 7.53. The van der Waals surface area contributed by atoms with Gasteiger partial charge in [-0.25, -0.2) is 0 Å². The predicted molar refractivity (Wildman–Crippen MR) is 73.3 cm³/mol. The minimum atomic E-state index is -0.160. The number of nitrogens with zero attached hydrogens (tertiary/aromatic N) is 1. The van der Waals surface area contributed by atoms with E-state index in [4.69, 9.17) is 0 Å². The second-order valence-corrected chi connectivity index (χ2v) is 4.89. The van der Waals surface area contributed by atoms with Crippen LogP contribution in [-0.2, 0) is 11.2 Å². The molecule has 1 aromatic rings. The molecule has 0 aliphatic carbocycles. The van der Waals surface area contributed by atoms with Crippen molar-refractivity contribution < 1.29 is 4.79 Å². The number of rotatable bonds is 7. The molecule has 0 saturated carbocycles. The molecule has 0 aliphatic heterocycles. The van der Waals surface area contributed by atoms with Gasteiger partial charge in [-0.3, -0.25) is 9.78 Å². The fraction of sp³-hybridized carbons (Fsp3) is 0.571. The molecule has 2 N–H and O–H groups in total. The average Bonchev–Trinajstić information content (AvgIpc) is 2.37. The van der Waals surface area contributed by atoms with Crippen LogP contribution in [0.1, 0.15) is 26.5 Å². The van der Waals surface area contributed by atoms with Crippen LogP contribution in [0.5, 0.6) is 0 Å². The minimum Gasteiger partial charge on any atom is -0.354 e. The van der Waals surface area contributed by atoms with Gasteiger partial charge in [-0.05, 0) is 25.0 Å². The zero-order chi connectivity index (χ0) is 13.4. The van der Waals surface area contributed by atoms with E-state index in [2.05, 4.69) is 29.5 Å². The van der Waals surface area contributed by atoms with E-state index in [0.29, 0.717) is 5.92 Å². The molecule has 0 fully saturated rings. The number of nitrogens with one attached hydrogen (secondary N) is 2. The topological polar surface area (TPSA) is 54.0 Å². The standard InChI is InChI=1S/C14H23N3O/c1-11(2)10-17-14(18)12(3)15-9-7-13-6-4-5-8-16-13/h4-6,8,11-12,15H,7,9-10H2,1-3H3,(H,17,18). The van der Waals surface area contributed by atoms with Gasteiger partial charge in [-0.1, -0.05) is 19.9 Å². The lowest BCUT2D eigenvalue weighted by Gasteiger charge is -2.14. The lowest BCUT2D eigenvalue weighted by molar-refractivity contribution is -0.122. The van der Waals surface area contributed by atoms with Crippen molar-refractivity contribution in [2.24, 2.45) is 5.92 Å². The van der Waals surface area contributed by atoms with Crippen LogP contribution in [0.3, 0.4) is 0 Å². The van der Waals surface area contributed by atoms with E-state index in [1.54, 1.807) is 6.20 Å². The maximum atomic E-state index is 11.7. The van der Waals surface area contributed by atoms with E-state index >= 15 is 0 Å². The van der Waals surface area contributed by atoms with E-state index in [1.165, 1.54) is 0 Å². The third-order valence-electron chi connectivity index (χ3n) is 2.64. The summed E-state index contributed by atoms with van der Waals surface area (Å²) in [5, 5.41) is 6.12. The average molecular weight is 249 g/mol. The monoisotopic (exact) mass is 249 g/mol. The van der Waals surface area contributed by atoms with Crippen molar-refractivity contribution in [2.45, 2.75) is 33.2 Å². The van der Waals surface area contributed by atoms with Gasteiger partial charge < -0.3 is 10.6 Å². The van der Waals surface area contributed by atoms with Crippen molar-refractivity contribution in [3.8, 4) is 0 Å². The third-order valence-corrected chi connectivity index (χ3v) is 2.64. The summed E-state index contributed by atoms with van der Waals surface area (Å²) >= 11 is 0. The normalized spacial score (nSPS) is 12.4. The fourth-order valence-corrected chi connectivity index (χ4v) is 1.51. The first-order valence-corrected chi connectivity index (χ1v) is 6.50. The Balaban J connectivity index is 2.20. The zero-order valence-corrected chi connectivity index (χ0v) is 11.4. The number of hydrogen-bond donors (Lipinski definition) is 2. The second kappa shape index (κ2) is 7.82. The Morgan fingerprint density at radius 3 is 2.72 bits per heavy atom. The quantitative estimate of drug-likeness (QED) is 0.767. The SMILES string of the molecule is CC(C)CNC(=O)C(C)NCCc1ccccn1. The summed E-state index contributed by atoms with van der Waals surface area (Å²) in [4.78, 5) is 15.9. The molecule has 0 bridgehead atoms. The highest BCUT2D eigenvalue weighted by Crippen LogP contribution is 1.94. The Labute approximate surface area is 109 Å². The molecular weight excluding hydrogens is 226 g/mol. The van der Waals surface area contributed by atoms with Gasteiger partial charge in [0.15, 0.2) is 0 Å². The van der Waals surface area contributed by atoms with Crippen LogP contribution >= 0.6 is 0 Å². The van der Waals surface area contributed by atoms with Gasteiger partial charge in [0, 0.05) is 31.4 Å². The van der Waals surface area contributed by atoms with Crippen LogP contribution in [-0.4, -0.2) is 30.0 Å². The van der Waals surface area contributed by atoms with E-state index in [-0.39, 0.29) is 11.9 Å². The molecule has 4 heteroatoms. The van der Waals surface area contributed by atoms with E-state index in [1.807, 2.05) is 25.1 Å². The van der Waals surface area contributed by atoms with E-state index in [0.717, 1.165) is 25.2 Å². The van der Waals surface area contributed by atoms with Gasteiger partial charge in [0.25, 0.3) is 0 Å². The first kappa shape index (κ1) is 14.6. The number of aromatic nitrogens is 1. The van der Waals surface area contributed by atoms with Gasteiger partial charge >= 0.3 is 0 Å². The molecule has 1 rings (SSSR count). The lowest BCUT2D eigenvalue weighted by Crippen LogP contribution is -2.43. The van der Waals surface area contributed by atoms with Crippen LogP contribution in [0.25, 0.3) is 0 Å². The Hall–Kier alpha value is -1.42. The summed E-state index contributed by atoms with van der Waals surface area (Å²) in [5.41, 5.74) is 1.04. The van der Waals surface area contributed by atoms with Crippen molar-refractivity contribution in [1.29, 1.82) is 0 Å². The number of pyridine rings is 1. The molecule has 0 saturated heterocycles. The summed E-state index contributed by atoms with van der Waals surface area (Å²) in [5.74, 6) is 0.541. The smallest absolute Gasteiger partial charge is 0.236 e. The van der Waals surface area contributed by atoms with Crippen LogP contribution < -0.4 is 10.6 Å². The molecule has 0 aliphatic rings. The molecule has 1 unspecified atom stereocenters. The molecule has 4 nitrogen and oxygen atoms in total.